The number of sulfone groups is 1. The number of aromatic nitrogens is 1. The fourth-order valence-corrected chi connectivity index (χ4v) is 2.04. The SMILES string of the molecule is Cc1cccnc1CNCCCS(C)(=O)=O. The van der Waals surface area contributed by atoms with Crippen molar-refractivity contribution in [3.63, 3.8) is 0 Å². The van der Waals surface area contributed by atoms with Crippen molar-refractivity contribution in [3.8, 4) is 0 Å². The molecule has 0 saturated carbocycles. The summed E-state index contributed by atoms with van der Waals surface area (Å²) in [5.74, 6) is 0.237. The van der Waals surface area contributed by atoms with E-state index >= 15 is 0 Å². The van der Waals surface area contributed by atoms with Crippen LogP contribution >= 0.6 is 0 Å². The molecular formula is C11H18N2O2S. The normalized spacial score (nSPS) is 11.6. The summed E-state index contributed by atoms with van der Waals surface area (Å²) in [7, 11) is -2.83. The maximum absolute atomic E-state index is 10.9. The predicted molar refractivity (Wildman–Crippen MR) is 65.0 cm³/mol. The molecule has 0 fully saturated rings. The van der Waals surface area contributed by atoms with Crippen LogP contribution in [0.1, 0.15) is 17.7 Å². The quantitative estimate of drug-likeness (QED) is 0.753. The lowest BCUT2D eigenvalue weighted by atomic mass is 10.2. The molecule has 1 rings (SSSR count). The Balaban J connectivity index is 2.24. The topological polar surface area (TPSA) is 59.1 Å². The van der Waals surface area contributed by atoms with Crippen molar-refractivity contribution in [2.75, 3.05) is 18.6 Å². The molecule has 90 valence electrons. The molecule has 5 heteroatoms. The van der Waals surface area contributed by atoms with Crippen LogP contribution in [0.4, 0.5) is 0 Å². The minimum absolute atomic E-state index is 0.237. The summed E-state index contributed by atoms with van der Waals surface area (Å²) in [6.45, 7) is 3.40. The molecule has 1 N–H and O–H groups in total. The molecule has 0 saturated heterocycles. The van der Waals surface area contributed by atoms with E-state index in [1.807, 2.05) is 19.1 Å². The summed E-state index contributed by atoms with van der Waals surface area (Å²) in [5.41, 5.74) is 2.17. The second-order valence-corrected chi connectivity index (χ2v) is 6.19. The monoisotopic (exact) mass is 242 g/mol. The van der Waals surface area contributed by atoms with Crippen molar-refractivity contribution in [2.24, 2.45) is 0 Å². The molecule has 0 amide bonds. The second-order valence-electron chi connectivity index (χ2n) is 3.93. The highest BCUT2D eigenvalue weighted by Crippen LogP contribution is 2.01. The lowest BCUT2D eigenvalue weighted by molar-refractivity contribution is 0.593. The highest BCUT2D eigenvalue weighted by atomic mass is 32.2. The maximum atomic E-state index is 10.9. The van der Waals surface area contributed by atoms with E-state index < -0.39 is 9.84 Å². The molecule has 1 aromatic rings. The third-order valence-corrected chi connectivity index (χ3v) is 3.31. The molecule has 0 spiro atoms. The Morgan fingerprint density at radius 1 is 1.44 bits per heavy atom. The highest BCUT2D eigenvalue weighted by molar-refractivity contribution is 7.90. The van der Waals surface area contributed by atoms with Gasteiger partial charge in [-0.15, -0.1) is 0 Å². The van der Waals surface area contributed by atoms with Gasteiger partial charge in [0.25, 0.3) is 0 Å². The van der Waals surface area contributed by atoms with Crippen LogP contribution in [0.3, 0.4) is 0 Å². The Kier molecular flexibility index (Phi) is 4.89. The predicted octanol–water partition coefficient (Wildman–Crippen LogP) is 0.914. The number of rotatable bonds is 6. The molecule has 16 heavy (non-hydrogen) atoms. The van der Waals surface area contributed by atoms with Crippen LogP contribution < -0.4 is 5.32 Å². The van der Waals surface area contributed by atoms with Crippen LogP contribution in [0.25, 0.3) is 0 Å². The number of pyridine rings is 1. The zero-order valence-corrected chi connectivity index (χ0v) is 10.5. The first-order chi connectivity index (χ1) is 7.49. The summed E-state index contributed by atoms with van der Waals surface area (Å²) < 4.78 is 21.8. The highest BCUT2D eigenvalue weighted by Gasteiger charge is 2.01. The summed E-state index contributed by atoms with van der Waals surface area (Å²) >= 11 is 0. The van der Waals surface area contributed by atoms with Gasteiger partial charge in [0, 0.05) is 19.0 Å². The molecule has 0 bridgehead atoms. The van der Waals surface area contributed by atoms with Crippen molar-refractivity contribution >= 4 is 9.84 Å². The van der Waals surface area contributed by atoms with E-state index in [0.717, 1.165) is 11.3 Å². The first-order valence-electron chi connectivity index (χ1n) is 5.28. The molecule has 0 aromatic carbocycles. The molecular weight excluding hydrogens is 224 g/mol. The minimum atomic E-state index is -2.83. The van der Waals surface area contributed by atoms with E-state index in [4.69, 9.17) is 0 Å². The number of hydrogen-bond donors (Lipinski definition) is 1. The van der Waals surface area contributed by atoms with Crippen LogP contribution in [0.15, 0.2) is 18.3 Å². The lowest BCUT2D eigenvalue weighted by Crippen LogP contribution is -2.19. The first-order valence-corrected chi connectivity index (χ1v) is 7.34. The largest absolute Gasteiger partial charge is 0.311 e. The zero-order chi connectivity index (χ0) is 12.0. The van der Waals surface area contributed by atoms with Crippen LogP contribution in [0, 0.1) is 6.92 Å². The van der Waals surface area contributed by atoms with Crippen LogP contribution in [-0.2, 0) is 16.4 Å². The Morgan fingerprint density at radius 2 is 2.19 bits per heavy atom. The van der Waals surface area contributed by atoms with Gasteiger partial charge in [-0.2, -0.15) is 0 Å². The van der Waals surface area contributed by atoms with Gasteiger partial charge in [-0.1, -0.05) is 6.07 Å². The van der Waals surface area contributed by atoms with E-state index in [0.29, 0.717) is 19.5 Å². The average Bonchev–Trinajstić information content (AvgIpc) is 2.18. The van der Waals surface area contributed by atoms with Gasteiger partial charge in [0.1, 0.15) is 9.84 Å². The number of nitrogens with zero attached hydrogens (tertiary/aromatic N) is 1. The van der Waals surface area contributed by atoms with Gasteiger partial charge in [-0.05, 0) is 31.5 Å². The summed E-state index contributed by atoms with van der Waals surface area (Å²) in [5, 5.41) is 3.19. The summed E-state index contributed by atoms with van der Waals surface area (Å²) in [4.78, 5) is 4.24. The molecule has 0 atom stereocenters. The van der Waals surface area contributed by atoms with Crippen molar-refractivity contribution < 1.29 is 8.42 Å². The van der Waals surface area contributed by atoms with Gasteiger partial charge in [0.2, 0.25) is 0 Å². The fraction of sp³-hybridized carbons (Fsp3) is 0.545. The van der Waals surface area contributed by atoms with Gasteiger partial charge in [0.05, 0.1) is 11.4 Å². The molecule has 0 aliphatic carbocycles. The zero-order valence-electron chi connectivity index (χ0n) is 9.73. The Morgan fingerprint density at radius 3 is 2.81 bits per heavy atom. The van der Waals surface area contributed by atoms with Crippen molar-refractivity contribution in [1.29, 1.82) is 0 Å². The average molecular weight is 242 g/mol. The third-order valence-electron chi connectivity index (χ3n) is 2.28. The molecule has 0 unspecified atom stereocenters. The van der Waals surface area contributed by atoms with Gasteiger partial charge in [0.15, 0.2) is 0 Å². The van der Waals surface area contributed by atoms with Gasteiger partial charge in [-0.3, -0.25) is 4.98 Å². The van der Waals surface area contributed by atoms with Crippen LogP contribution in [-0.4, -0.2) is 32.0 Å². The van der Waals surface area contributed by atoms with Crippen molar-refractivity contribution in [2.45, 2.75) is 19.9 Å². The van der Waals surface area contributed by atoms with E-state index in [9.17, 15) is 8.42 Å². The van der Waals surface area contributed by atoms with Crippen LogP contribution in [0.5, 0.6) is 0 Å². The maximum Gasteiger partial charge on any atom is 0.147 e. The molecule has 0 aliphatic heterocycles. The Hall–Kier alpha value is -0.940. The third kappa shape index (κ3) is 5.23. The number of hydrogen-bond acceptors (Lipinski definition) is 4. The van der Waals surface area contributed by atoms with Gasteiger partial charge in [-0.25, -0.2) is 8.42 Å². The summed E-state index contributed by atoms with van der Waals surface area (Å²) in [6, 6.07) is 3.92. The Bertz CT molecular complexity index is 429. The van der Waals surface area contributed by atoms with E-state index in [-0.39, 0.29) is 5.75 Å². The molecule has 1 aromatic heterocycles. The van der Waals surface area contributed by atoms with E-state index in [1.54, 1.807) is 6.20 Å². The van der Waals surface area contributed by atoms with Crippen molar-refractivity contribution in [3.05, 3.63) is 29.6 Å². The fourth-order valence-electron chi connectivity index (χ4n) is 1.37. The first kappa shape index (κ1) is 13.1. The smallest absolute Gasteiger partial charge is 0.147 e. The standard InChI is InChI=1S/C11H18N2O2S/c1-10-5-3-7-13-11(10)9-12-6-4-8-16(2,14)15/h3,5,7,12H,4,6,8-9H2,1-2H3. The molecule has 1 heterocycles. The number of aryl methyl sites for hydroxylation is 1. The Labute approximate surface area is 97.0 Å². The minimum Gasteiger partial charge on any atom is -0.311 e. The van der Waals surface area contributed by atoms with E-state index in [2.05, 4.69) is 10.3 Å². The molecule has 0 aliphatic rings. The van der Waals surface area contributed by atoms with Gasteiger partial charge < -0.3 is 5.32 Å². The van der Waals surface area contributed by atoms with E-state index in [1.165, 1.54) is 6.26 Å². The number of nitrogens with one attached hydrogen (secondary N) is 1. The van der Waals surface area contributed by atoms with Gasteiger partial charge >= 0.3 is 0 Å². The molecule has 0 radical (unpaired) electrons. The molecule has 4 nitrogen and oxygen atoms in total. The second kappa shape index (κ2) is 5.96. The van der Waals surface area contributed by atoms with Crippen molar-refractivity contribution in [1.82, 2.24) is 10.3 Å². The lowest BCUT2D eigenvalue weighted by Gasteiger charge is -2.06. The summed E-state index contributed by atoms with van der Waals surface area (Å²) in [6.07, 6.45) is 3.67. The van der Waals surface area contributed by atoms with Crippen LogP contribution in [0.2, 0.25) is 0 Å².